The highest BCUT2D eigenvalue weighted by atomic mass is 16.6. The molecule has 1 amide bonds. The molecule has 0 aliphatic carbocycles. The number of rotatable bonds is 5. The number of hydrogen-bond donors (Lipinski definition) is 1. The van der Waals surface area contributed by atoms with Gasteiger partial charge in [0.25, 0.3) is 5.69 Å². The van der Waals surface area contributed by atoms with Crippen molar-refractivity contribution in [3.8, 4) is 5.75 Å². The van der Waals surface area contributed by atoms with Gasteiger partial charge in [0.15, 0.2) is 0 Å². The molecule has 0 radical (unpaired) electrons. The van der Waals surface area contributed by atoms with E-state index in [0.29, 0.717) is 5.69 Å². The molecular weight excluding hydrogens is 328 g/mol. The summed E-state index contributed by atoms with van der Waals surface area (Å²) in [5, 5.41) is 13.1. The summed E-state index contributed by atoms with van der Waals surface area (Å²) in [5.41, 5.74) is 1.18. The molecule has 0 heterocycles. The minimum absolute atomic E-state index is 0.0870. The average molecular weight is 342 g/mol. The minimum Gasteiger partial charge on any atom is -0.453 e. The van der Waals surface area contributed by atoms with E-state index in [2.05, 4.69) is 10.1 Å². The smallest absolute Gasteiger partial charge is 0.411 e. The number of esters is 1. The average Bonchev–Trinajstić information content (AvgIpc) is 2.61. The first-order valence-electron chi connectivity index (χ1n) is 7.07. The van der Waals surface area contributed by atoms with Crippen molar-refractivity contribution in [2.75, 3.05) is 12.4 Å². The first-order chi connectivity index (χ1) is 12.0. The van der Waals surface area contributed by atoms with Gasteiger partial charge in [-0.3, -0.25) is 15.4 Å². The quantitative estimate of drug-likeness (QED) is 0.293. The highest BCUT2D eigenvalue weighted by Crippen LogP contribution is 2.17. The Bertz CT molecular complexity index is 797. The van der Waals surface area contributed by atoms with Gasteiger partial charge in [0.2, 0.25) is 0 Å². The zero-order valence-corrected chi connectivity index (χ0v) is 13.2. The molecule has 0 aromatic heterocycles. The first kappa shape index (κ1) is 17.7. The van der Waals surface area contributed by atoms with Crippen LogP contribution < -0.4 is 10.1 Å². The van der Waals surface area contributed by atoms with Gasteiger partial charge in [-0.1, -0.05) is 12.1 Å². The van der Waals surface area contributed by atoms with E-state index in [-0.39, 0.29) is 11.4 Å². The van der Waals surface area contributed by atoms with Crippen LogP contribution in [0.3, 0.4) is 0 Å². The Labute approximate surface area is 142 Å². The molecule has 8 nitrogen and oxygen atoms in total. The predicted octanol–water partition coefficient (Wildman–Crippen LogP) is 3.39. The second-order valence-corrected chi connectivity index (χ2v) is 4.74. The predicted molar refractivity (Wildman–Crippen MR) is 90.2 cm³/mol. The molecule has 0 spiro atoms. The van der Waals surface area contributed by atoms with Crippen molar-refractivity contribution in [3.05, 3.63) is 70.3 Å². The number of amides is 1. The number of non-ortho nitro benzene ring substituents is 1. The van der Waals surface area contributed by atoms with E-state index < -0.39 is 17.0 Å². The SMILES string of the molecule is COC(=O)Nc1ccc(/C=C/C(=O)Oc2ccc([N+](=O)[O-])cc2)cc1. The highest BCUT2D eigenvalue weighted by molar-refractivity contribution is 5.89. The normalized spacial score (nSPS) is 10.3. The first-order valence-corrected chi connectivity index (χ1v) is 7.07. The Kier molecular flexibility index (Phi) is 5.83. The summed E-state index contributed by atoms with van der Waals surface area (Å²) in [4.78, 5) is 32.8. The van der Waals surface area contributed by atoms with Crippen LogP contribution in [0.4, 0.5) is 16.2 Å². The molecule has 0 atom stereocenters. The summed E-state index contributed by atoms with van der Waals surface area (Å²) < 4.78 is 9.52. The molecule has 128 valence electrons. The molecule has 8 heteroatoms. The Balaban J connectivity index is 1.93. The minimum atomic E-state index is -0.620. The number of carbonyl (C=O) groups excluding carboxylic acids is 2. The second-order valence-electron chi connectivity index (χ2n) is 4.74. The number of methoxy groups -OCH3 is 1. The molecule has 25 heavy (non-hydrogen) atoms. The van der Waals surface area contributed by atoms with Gasteiger partial charge < -0.3 is 9.47 Å². The van der Waals surface area contributed by atoms with E-state index in [1.165, 1.54) is 43.5 Å². The number of nitro groups is 1. The zero-order chi connectivity index (χ0) is 18.2. The Morgan fingerprint density at radius 2 is 1.72 bits per heavy atom. The molecule has 2 aromatic rings. The molecule has 0 unspecified atom stereocenters. The second kappa shape index (κ2) is 8.25. The van der Waals surface area contributed by atoms with Crippen LogP contribution in [0, 0.1) is 10.1 Å². The number of nitro benzene ring substituents is 1. The van der Waals surface area contributed by atoms with E-state index in [1.54, 1.807) is 24.3 Å². The summed E-state index contributed by atoms with van der Waals surface area (Å²) >= 11 is 0. The molecule has 0 fully saturated rings. The van der Waals surface area contributed by atoms with Crippen molar-refractivity contribution in [2.45, 2.75) is 0 Å². The van der Waals surface area contributed by atoms with E-state index in [9.17, 15) is 19.7 Å². The number of ether oxygens (including phenoxy) is 2. The van der Waals surface area contributed by atoms with Crippen molar-refractivity contribution in [3.63, 3.8) is 0 Å². The lowest BCUT2D eigenvalue weighted by atomic mass is 10.2. The highest BCUT2D eigenvalue weighted by Gasteiger charge is 2.06. The molecule has 0 saturated heterocycles. The summed E-state index contributed by atoms with van der Waals surface area (Å²) in [7, 11) is 1.27. The summed E-state index contributed by atoms with van der Waals surface area (Å²) in [5.74, 6) is -0.413. The van der Waals surface area contributed by atoms with Crippen molar-refractivity contribution in [2.24, 2.45) is 0 Å². The monoisotopic (exact) mass is 342 g/mol. The number of nitrogens with one attached hydrogen (secondary N) is 1. The third-order valence-corrected chi connectivity index (χ3v) is 3.02. The maximum atomic E-state index is 11.7. The van der Waals surface area contributed by atoms with E-state index >= 15 is 0 Å². The summed E-state index contributed by atoms with van der Waals surface area (Å²) in [6.07, 6.45) is 2.19. The van der Waals surface area contributed by atoms with Gasteiger partial charge in [-0.25, -0.2) is 9.59 Å². The Morgan fingerprint density at radius 1 is 1.08 bits per heavy atom. The van der Waals surface area contributed by atoms with Crippen LogP contribution in [0.1, 0.15) is 5.56 Å². The van der Waals surface area contributed by atoms with Crippen LogP contribution in [0.2, 0.25) is 0 Å². The molecule has 1 N–H and O–H groups in total. The van der Waals surface area contributed by atoms with Crippen LogP contribution in [-0.4, -0.2) is 24.1 Å². The van der Waals surface area contributed by atoms with Crippen LogP contribution in [0.5, 0.6) is 5.75 Å². The molecule has 0 bridgehead atoms. The molecule has 0 saturated carbocycles. The molecule has 0 aliphatic heterocycles. The molecule has 0 aliphatic rings. The van der Waals surface area contributed by atoms with Gasteiger partial charge in [0, 0.05) is 23.9 Å². The number of nitrogens with zero attached hydrogens (tertiary/aromatic N) is 1. The number of anilines is 1. The molecule has 2 aromatic carbocycles. The lowest BCUT2D eigenvalue weighted by Gasteiger charge is -2.03. The lowest BCUT2D eigenvalue weighted by molar-refractivity contribution is -0.384. The largest absolute Gasteiger partial charge is 0.453 e. The standard InChI is InChI=1S/C17H14N2O6/c1-24-17(21)18-13-5-2-12(3-6-13)4-11-16(20)25-15-9-7-14(8-10-15)19(22)23/h2-11H,1H3,(H,18,21)/b11-4+. The van der Waals surface area contributed by atoms with Gasteiger partial charge >= 0.3 is 12.1 Å². The fourth-order valence-corrected chi connectivity index (χ4v) is 1.80. The van der Waals surface area contributed by atoms with Gasteiger partial charge in [-0.2, -0.15) is 0 Å². The Morgan fingerprint density at radius 3 is 2.28 bits per heavy atom. The van der Waals surface area contributed by atoms with Crippen molar-refractivity contribution in [1.29, 1.82) is 0 Å². The maximum Gasteiger partial charge on any atom is 0.411 e. The lowest BCUT2D eigenvalue weighted by Crippen LogP contribution is -2.10. The van der Waals surface area contributed by atoms with Gasteiger partial charge in [-0.15, -0.1) is 0 Å². The van der Waals surface area contributed by atoms with Crippen molar-refractivity contribution < 1.29 is 24.0 Å². The fraction of sp³-hybridized carbons (Fsp3) is 0.0588. The summed E-state index contributed by atoms with van der Waals surface area (Å²) in [6, 6.07) is 11.9. The molecular formula is C17H14N2O6. The topological polar surface area (TPSA) is 108 Å². The van der Waals surface area contributed by atoms with Gasteiger partial charge in [-0.05, 0) is 35.9 Å². The van der Waals surface area contributed by atoms with Gasteiger partial charge in [0.1, 0.15) is 5.75 Å². The number of benzene rings is 2. The van der Waals surface area contributed by atoms with Crippen LogP contribution >= 0.6 is 0 Å². The van der Waals surface area contributed by atoms with E-state index in [0.717, 1.165) is 5.56 Å². The Hall–Kier alpha value is -3.68. The zero-order valence-electron chi connectivity index (χ0n) is 13.2. The van der Waals surface area contributed by atoms with Crippen LogP contribution in [-0.2, 0) is 9.53 Å². The third kappa shape index (κ3) is 5.47. The van der Waals surface area contributed by atoms with E-state index in [4.69, 9.17) is 4.74 Å². The number of carbonyl (C=O) groups is 2. The third-order valence-electron chi connectivity index (χ3n) is 3.02. The number of hydrogen-bond acceptors (Lipinski definition) is 6. The molecule has 2 rings (SSSR count). The van der Waals surface area contributed by atoms with Crippen molar-refractivity contribution in [1.82, 2.24) is 0 Å². The summed E-state index contributed by atoms with van der Waals surface area (Å²) in [6.45, 7) is 0. The van der Waals surface area contributed by atoms with E-state index in [1.807, 2.05) is 0 Å². The van der Waals surface area contributed by atoms with Crippen LogP contribution in [0.15, 0.2) is 54.6 Å². The fourth-order valence-electron chi connectivity index (χ4n) is 1.80. The van der Waals surface area contributed by atoms with Gasteiger partial charge in [0.05, 0.1) is 12.0 Å². The maximum absolute atomic E-state index is 11.7. The van der Waals surface area contributed by atoms with Crippen molar-refractivity contribution >= 4 is 29.5 Å². The van der Waals surface area contributed by atoms with Crippen LogP contribution in [0.25, 0.3) is 6.08 Å².